The minimum Gasteiger partial charge on any atom is -0.497 e. The molecule has 0 radical (unpaired) electrons. The third kappa shape index (κ3) is 7.74. The number of methoxy groups -OCH3 is 2. The minimum absolute atomic E-state index is 0.185. The van der Waals surface area contributed by atoms with Crippen LogP contribution in [-0.2, 0) is 27.8 Å². The molecule has 0 aliphatic carbocycles. The van der Waals surface area contributed by atoms with Crippen LogP contribution in [0.4, 0.5) is 0 Å². The Kier molecular flexibility index (Phi) is 9.20. The second-order valence-corrected chi connectivity index (χ2v) is 10.5. The number of nitrogens with zero attached hydrogens (tertiary/aromatic N) is 3. The van der Waals surface area contributed by atoms with E-state index in [1.165, 1.54) is 4.31 Å². The summed E-state index contributed by atoms with van der Waals surface area (Å²) in [6, 6.07) is 14.7. The quantitative estimate of drug-likeness (QED) is 0.367. The van der Waals surface area contributed by atoms with Gasteiger partial charge in [0.15, 0.2) is 0 Å². The van der Waals surface area contributed by atoms with Gasteiger partial charge in [-0.3, -0.25) is 9.97 Å². The lowest BCUT2D eigenvalue weighted by Crippen LogP contribution is -2.35. The summed E-state index contributed by atoms with van der Waals surface area (Å²) in [6.07, 6.45) is 2.26. The zero-order valence-corrected chi connectivity index (χ0v) is 21.7. The standard InChI is InChI=1S/C26H33N3O5S/c1-19(2)34-26(25-15-27-20(3)14-28-25)18-35(30,31)29(16-21-6-10-23(32-4)11-7-21)17-22-8-12-24(33-5)13-9-22/h6-15,19,26H,16-18H2,1-5H3/t26-/m0/s1. The summed E-state index contributed by atoms with van der Waals surface area (Å²) >= 11 is 0. The first kappa shape index (κ1) is 26.6. The smallest absolute Gasteiger partial charge is 0.217 e. The number of aromatic nitrogens is 2. The van der Waals surface area contributed by atoms with Crippen LogP contribution in [0.2, 0.25) is 0 Å². The Bertz CT molecular complexity index is 1120. The van der Waals surface area contributed by atoms with E-state index in [4.69, 9.17) is 14.2 Å². The lowest BCUT2D eigenvalue weighted by molar-refractivity contribution is 0.0165. The molecule has 1 heterocycles. The molecule has 0 N–H and O–H groups in total. The Balaban J connectivity index is 1.91. The van der Waals surface area contributed by atoms with Crippen molar-refractivity contribution < 1.29 is 22.6 Å². The summed E-state index contributed by atoms with van der Waals surface area (Å²) in [4.78, 5) is 8.66. The van der Waals surface area contributed by atoms with Crippen molar-refractivity contribution in [2.75, 3.05) is 20.0 Å². The third-order valence-electron chi connectivity index (χ3n) is 5.36. The Hall–Kier alpha value is -3.01. The van der Waals surface area contributed by atoms with E-state index in [0.717, 1.165) is 16.8 Å². The van der Waals surface area contributed by atoms with Crippen molar-refractivity contribution in [3.05, 3.63) is 83.4 Å². The average Bonchev–Trinajstić information content (AvgIpc) is 2.84. The van der Waals surface area contributed by atoms with Crippen LogP contribution < -0.4 is 9.47 Å². The van der Waals surface area contributed by atoms with Gasteiger partial charge in [0.05, 0.1) is 43.7 Å². The molecule has 0 bridgehead atoms. The highest BCUT2D eigenvalue weighted by Gasteiger charge is 2.30. The zero-order valence-electron chi connectivity index (χ0n) is 20.8. The highest BCUT2D eigenvalue weighted by atomic mass is 32.2. The predicted octanol–water partition coefficient (Wildman–Crippen LogP) is 4.30. The first-order valence-electron chi connectivity index (χ1n) is 11.4. The topological polar surface area (TPSA) is 90.9 Å². The van der Waals surface area contributed by atoms with Crippen molar-refractivity contribution in [1.29, 1.82) is 0 Å². The van der Waals surface area contributed by atoms with Gasteiger partial charge in [-0.2, -0.15) is 4.31 Å². The molecule has 1 atom stereocenters. The third-order valence-corrected chi connectivity index (χ3v) is 7.13. The molecule has 35 heavy (non-hydrogen) atoms. The normalized spacial score (nSPS) is 12.7. The van der Waals surface area contributed by atoms with Crippen LogP contribution in [0.5, 0.6) is 11.5 Å². The van der Waals surface area contributed by atoms with Crippen molar-refractivity contribution in [2.24, 2.45) is 0 Å². The van der Waals surface area contributed by atoms with Gasteiger partial charge in [0.25, 0.3) is 0 Å². The summed E-state index contributed by atoms with van der Waals surface area (Å²) in [5.41, 5.74) is 2.93. The molecule has 1 aromatic heterocycles. The lowest BCUT2D eigenvalue weighted by atomic mass is 10.2. The van der Waals surface area contributed by atoms with Crippen molar-refractivity contribution in [2.45, 2.75) is 46.1 Å². The van der Waals surface area contributed by atoms with Gasteiger partial charge in [-0.25, -0.2) is 8.42 Å². The number of ether oxygens (including phenoxy) is 3. The fourth-order valence-corrected chi connectivity index (χ4v) is 5.04. The first-order valence-corrected chi connectivity index (χ1v) is 13.0. The van der Waals surface area contributed by atoms with Crippen molar-refractivity contribution in [1.82, 2.24) is 14.3 Å². The van der Waals surface area contributed by atoms with E-state index in [2.05, 4.69) is 9.97 Å². The molecule has 0 saturated heterocycles. The summed E-state index contributed by atoms with van der Waals surface area (Å²) in [5.74, 6) is 1.16. The molecular formula is C26H33N3O5S. The largest absolute Gasteiger partial charge is 0.497 e. The fraction of sp³-hybridized carbons (Fsp3) is 0.385. The molecule has 0 spiro atoms. The van der Waals surface area contributed by atoms with Crippen LogP contribution >= 0.6 is 0 Å². The Morgan fingerprint density at radius 1 is 0.829 bits per heavy atom. The van der Waals surface area contributed by atoms with E-state index in [1.54, 1.807) is 26.6 Å². The van der Waals surface area contributed by atoms with Crippen LogP contribution in [0.3, 0.4) is 0 Å². The SMILES string of the molecule is COc1ccc(CN(Cc2ccc(OC)cc2)S(=O)(=O)C[C@H](OC(C)C)c2cnc(C)cn2)cc1. The van der Waals surface area contributed by atoms with E-state index < -0.39 is 16.1 Å². The van der Waals surface area contributed by atoms with Gasteiger partial charge >= 0.3 is 0 Å². The van der Waals surface area contributed by atoms with Crippen LogP contribution in [0.15, 0.2) is 60.9 Å². The molecule has 9 heteroatoms. The van der Waals surface area contributed by atoms with Gasteiger partial charge in [0, 0.05) is 19.3 Å². The van der Waals surface area contributed by atoms with E-state index in [1.807, 2.05) is 69.3 Å². The second kappa shape index (κ2) is 12.1. The van der Waals surface area contributed by atoms with Gasteiger partial charge in [0.2, 0.25) is 10.0 Å². The maximum atomic E-state index is 13.8. The number of sulfonamides is 1. The summed E-state index contributed by atoms with van der Waals surface area (Å²) in [7, 11) is -0.584. The molecule has 0 aliphatic heterocycles. The maximum Gasteiger partial charge on any atom is 0.217 e. The van der Waals surface area contributed by atoms with E-state index >= 15 is 0 Å². The molecule has 2 aromatic carbocycles. The van der Waals surface area contributed by atoms with Gasteiger partial charge in [-0.15, -0.1) is 0 Å². The first-order chi connectivity index (χ1) is 16.7. The second-order valence-electron chi connectivity index (χ2n) is 8.50. The molecule has 188 valence electrons. The van der Waals surface area contributed by atoms with Crippen molar-refractivity contribution in [3.63, 3.8) is 0 Å². The van der Waals surface area contributed by atoms with Gasteiger partial charge in [-0.05, 0) is 56.2 Å². The van der Waals surface area contributed by atoms with Gasteiger partial charge in [0.1, 0.15) is 17.6 Å². The van der Waals surface area contributed by atoms with Gasteiger partial charge in [-0.1, -0.05) is 24.3 Å². The van der Waals surface area contributed by atoms with Crippen LogP contribution in [-0.4, -0.2) is 48.8 Å². The van der Waals surface area contributed by atoms with Crippen molar-refractivity contribution >= 4 is 10.0 Å². The summed E-state index contributed by atoms with van der Waals surface area (Å²) in [5, 5.41) is 0. The van der Waals surface area contributed by atoms with E-state index in [-0.39, 0.29) is 24.9 Å². The predicted molar refractivity (Wildman–Crippen MR) is 135 cm³/mol. The molecule has 0 fully saturated rings. The molecule has 0 unspecified atom stereocenters. The van der Waals surface area contributed by atoms with Crippen LogP contribution in [0.25, 0.3) is 0 Å². The molecule has 3 aromatic rings. The number of aryl methyl sites for hydroxylation is 1. The lowest BCUT2D eigenvalue weighted by Gasteiger charge is -2.26. The highest BCUT2D eigenvalue weighted by Crippen LogP contribution is 2.24. The van der Waals surface area contributed by atoms with Gasteiger partial charge < -0.3 is 14.2 Å². The molecule has 8 nitrogen and oxygen atoms in total. The van der Waals surface area contributed by atoms with Crippen LogP contribution in [0, 0.1) is 6.92 Å². The fourth-order valence-electron chi connectivity index (χ4n) is 3.51. The highest BCUT2D eigenvalue weighted by molar-refractivity contribution is 7.89. The van der Waals surface area contributed by atoms with E-state index in [9.17, 15) is 8.42 Å². The maximum absolute atomic E-state index is 13.8. The summed E-state index contributed by atoms with van der Waals surface area (Å²) < 4.78 is 45.4. The molecule has 0 aliphatic rings. The number of hydrogen-bond acceptors (Lipinski definition) is 7. The molecule has 3 rings (SSSR count). The molecule has 0 amide bonds. The van der Waals surface area contributed by atoms with Crippen LogP contribution in [0.1, 0.15) is 42.5 Å². The number of hydrogen-bond donors (Lipinski definition) is 0. The number of benzene rings is 2. The molecular weight excluding hydrogens is 466 g/mol. The monoisotopic (exact) mass is 499 g/mol. The minimum atomic E-state index is -3.78. The average molecular weight is 500 g/mol. The summed E-state index contributed by atoms with van der Waals surface area (Å²) in [6.45, 7) is 5.97. The Morgan fingerprint density at radius 3 is 1.74 bits per heavy atom. The van der Waals surface area contributed by atoms with Crippen molar-refractivity contribution in [3.8, 4) is 11.5 Å². The zero-order chi connectivity index (χ0) is 25.4. The van der Waals surface area contributed by atoms with E-state index in [0.29, 0.717) is 17.2 Å². The molecule has 0 saturated carbocycles. The Labute approximate surface area is 207 Å². The Morgan fingerprint density at radius 2 is 1.34 bits per heavy atom. The number of rotatable bonds is 12.